The van der Waals surface area contributed by atoms with Crippen molar-refractivity contribution >= 4 is 12.6 Å². The zero-order valence-corrected chi connectivity index (χ0v) is 14.5. The first-order valence-corrected chi connectivity index (χ1v) is 6.00. The van der Waals surface area contributed by atoms with E-state index >= 15 is 0 Å². The van der Waals surface area contributed by atoms with Crippen molar-refractivity contribution in [3.8, 4) is 17.1 Å². The summed E-state index contributed by atoms with van der Waals surface area (Å²) in [6.07, 6.45) is 0. The van der Waals surface area contributed by atoms with Crippen molar-refractivity contribution in [2.45, 2.75) is 5.16 Å². The molecule has 0 atom stereocenters. The van der Waals surface area contributed by atoms with Crippen molar-refractivity contribution in [1.29, 1.82) is 0 Å². The summed E-state index contributed by atoms with van der Waals surface area (Å²) >= 11 is 5.24. The van der Waals surface area contributed by atoms with Gasteiger partial charge >= 0.3 is 51.4 Å². The summed E-state index contributed by atoms with van der Waals surface area (Å²) < 4.78 is 1.88. The van der Waals surface area contributed by atoms with E-state index < -0.39 is 0 Å². The summed E-state index contributed by atoms with van der Waals surface area (Å²) in [5.41, 5.74) is 1.98. The van der Waals surface area contributed by atoms with E-state index in [9.17, 15) is 0 Å². The Hall–Kier alpha value is -0.564. The van der Waals surface area contributed by atoms with E-state index in [-0.39, 0.29) is 51.4 Å². The van der Waals surface area contributed by atoms with Gasteiger partial charge in [0.15, 0.2) is 5.82 Å². The van der Waals surface area contributed by atoms with Gasteiger partial charge in [-0.3, -0.25) is 4.57 Å². The molecule has 0 amide bonds. The Labute approximate surface area is 159 Å². The summed E-state index contributed by atoms with van der Waals surface area (Å²) in [5.74, 6) is 0.770. The summed E-state index contributed by atoms with van der Waals surface area (Å²) in [5, 5.41) is 8.64. The first kappa shape index (κ1) is 14.8. The third-order valence-corrected chi connectivity index (χ3v) is 2.94. The van der Waals surface area contributed by atoms with E-state index in [1.165, 1.54) is 0 Å². The van der Waals surface area contributed by atoms with Crippen molar-refractivity contribution in [2.75, 3.05) is 0 Å². The molecule has 5 heteroatoms. The molecule has 0 aliphatic carbocycles. The van der Waals surface area contributed by atoms with Crippen molar-refractivity contribution < 1.29 is 51.4 Å². The van der Waals surface area contributed by atoms with Crippen LogP contribution in [0.15, 0.2) is 65.8 Å². The maximum absolute atomic E-state index is 5.24. The molecule has 1 aromatic heterocycles. The van der Waals surface area contributed by atoms with Crippen LogP contribution in [0.25, 0.3) is 17.1 Å². The molecule has 0 aliphatic rings. The maximum Gasteiger partial charge on any atom is 1.00 e. The van der Waals surface area contributed by atoms with Crippen LogP contribution in [-0.4, -0.2) is 14.8 Å². The van der Waals surface area contributed by atoms with E-state index in [4.69, 9.17) is 12.6 Å². The van der Waals surface area contributed by atoms with E-state index in [0.29, 0.717) is 5.16 Å². The Balaban J connectivity index is 0.00000133. The van der Waals surface area contributed by atoms with Gasteiger partial charge < -0.3 is 12.6 Å². The zero-order chi connectivity index (χ0) is 12.4. The molecule has 1 heterocycles. The minimum atomic E-state index is 0. The number of hydrogen-bond donors (Lipinski definition) is 0. The summed E-state index contributed by atoms with van der Waals surface area (Å²) in [4.78, 5) is 0. The van der Waals surface area contributed by atoms with Crippen LogP contribution in [0.5, 0.6) is 0 Å². The van der Waals surface area contributed by atoms with Gasteiger partial charge in [0.1, 0.15) is 0 Å². The average molecular weight is 291 g/mol. The second-order valence-corrected chi connectivity index (χ2v) is 4.21. The van der Waals surface area contributed by atoms with E-state index in [1.807, 2.05) is 65.2 Å². The molecule has 0 bridgehead atoms. The molecular formula is C14H10KN3S. The number of nitrogens with zero attached hydrogens (tertiary/aromatic N) is 3. The molecule has 0 aliphatic heterocycles. The molecule has 0 unspecified atom stereocenters. The third-order valence-electron chi connectivity index (χ3n) is 2.68. The molecule has 0 spiro atoms. The maximum atomic E-state index is 5.24. The van der Waals surface area contributed by atoms with Gasteiger partial charge in [0, 0.05) is 16.4 Å². The molecule has 0 N–H and O–H groups in total. The molecule has 0 saturated carbocycles. The fourth-order valence-corrected chi connectivity index (χ4v) is 2.09. The number of hydrogen-bond acceptors (Lipinski definition) is 3. The van der Waals surface area contributed by atoms with Gasteiger partial charge in [0.05, 0.1) is 0 Å². The Kier molecular flexibility index (Phi) is 5.26. The molecule has 0 saturated heterocycles. The van der Waals surface area contributed by atoms with Crippen molar-refractivity contribution in [2.24, 2.45) is 0 Å². The Bertz CT molecular complexity index is 653. The van der Waals surface area contributed by atoms with Crippen LogP contribution >= 0.6 is 0 Å². The van der Waals surface area contributed by atoms with Gasteiger partial charge in [0.2, 0.25) is 0 Å². The van der Waals surface area contributed by atoms with Gasteiger partial charge in [-0.1, -0.05) is 48.5 Å². The fraction of sp³-hybridized carbons (Fsp3) is 0. The SMILES string of the molecule is [K+].[S-]c1nnc(-c2ccccc2)n1-c1ccccc1. The van der Waals surface area contributed by atoms with Gasteiger partial charge in [-0.2, -0.15) is 5.10 Å². The zero-order valence-electron chi connectivity index (χ0n) is 10.5. The summed E-state index contributed by atoms with van der Waals surface area (Å²) in [6.45, 7) is 0. The Morgan fingerprint density at radius 1 is 0.789 bits per heavy atom. The van der Waals surface area contributed by atoms with E-state index in [2.05, 4.69) is 10.2 Å². The third kappa shape index (κ3) is 3.13. The van der Waals surface area contributed by atoms with Crippen LogP contribution in [0.3, 0.4) is 0 Å². The van der Waals surface area contributed by atoms with Gasteiger partial charge in [-0.15, -0.1) is 5.10 Å². The van der Waals surface area contributed by atoms with Crippen LogP contribution in [0.4, 0.5) is 0 Å². The van der Waals surface area contributed by atoms with Gasteiger partial charge in [-0.05, 0) is 12.1 Å². The largest absolute Gasteiger partial charge is 1.00 e. The Morgan fingerprint density at radius 2 is 1.37 bits per heavy atom. The van der Waals surface area contributed by atoms with Crippen LogP contribution < -0.4 is 51.4 Å². The van der Waals surface area contributed by atoms with Crippen molar-refractivity contribution in [3.05, 3.63) is 60.7 Å². The normalized spacial score (nSPS) is 9.89. The molecule has 3 nitrogen and oxygen atoms in total. The van der Waals surface area contributed by atoms with Crippen molar-refractivity contribution in [3.63, 3.8) is 0 Å². The molecule has 19 heavy (non-hydrogen) atoms. The monoisotopic (exact) mass is 291 g/mol. The first-order chi connectivity index (χ1) is 8.86. The molecule has 3 aromatic rings. The second kappa shape index (κ2) is 6.74. The second-order valence-electron chi connectivity index (χ2n) is 3.84. The number of rotatable bonds is 2. The van der Waals surface area contributed by atoms with Crippen LogP contribution in [0.2, 0.25) is 0 Å². The standard InChI is InChI=1S/C14H11N3S.K/c18-14-16-15-13(11-7-3-1-4-8-11)17(14)12-9-5-2-6-10-12;/h1-10H,(H,16,18);/q;+1/p-1. The molecule has 0 fully saturated rings. The van der Waals surface area contributed by atoms with Crippen molar-refractivity contribution in [1.82, 2.24) is 14.8 Å². The molecular weight excluding hydrogens is 281 g/mol. The minimum absolute atomic E-state index is 0. The Morgan fingerprint density at radius 3 is 2.00 bits per heavy atom. The minimum Gasteiger partial charge on any atom is -0.740 e. The number of para-hydroxylation sites is 1. The summed E-state index contributed by atoms with van der Waals surface area (Å²) in [6, 6.07) is 19.8. The molecule has 88 valence electrons. The smallest absolute Gasteiger partial charge is 0.740 e. The predicted octanol–water partition coefficient (Wildman–Crippen LogP) is -0.156. The quantitative estimate of drug-likeness (QED) is 0.486. The topological polar surface area (TPSA) is 30.7 Å². The average Bonchev–Trinajstić information content (AvgIpc) is 2.83. The van der Waals surface area contributed by atoms with E-state index in [1.54, 1.807) is 0 Å². The van der Waals surface area contributed by atoms with Crippen LogP contribution in [-0.2, 0) is 12.6 Å². The molecule has 0 radical (unpaired) electrons. The first-order valence-electron chi connectivity index (χ1n) is 5.59. The number of benzene rings is 2. The van der Waals surface area contributed by atoms with Gasteiger partial charge in [0.25, 0.3) is 0 Å². The predicted molar refractivity (Wildman–Crippen MR) is 72.4 cm³/mol. The van der Waals surface area contributed by atoms with Crippen LogP contribution in [0.1, 0.15) is 0 Å². The summed E-state index contributed by atoms with van der Waals surface area (Å²) in [7, 11) is 0. The molecule has 3 rings (SSSR count). The van der Waals surface area contributed by atoms with E-state index in [0.717, 1.165) is 17.1 Å². The van der Waals surface area contributed by atoms with Gasteiger partial charge in [-0.25, -0.2) is 0 Å². The van der Waals surface area contributed by atoms with Crippen LogP contribution in [0, 0.1) is 0 Å². The fourth-order valence-electron chi connectivity index (χ4n) is 1.85. The molecule has 2 aromatic carbocycles. The number of aromatic nitrogens is 3.